The predicted octanol–water partition coefficient (Wildman–Crippen LogP) is 1.29. The van der Waals surface area contributed by atoms with Gasteiger partial charge in [0.15, 0.2) is 5.96 Å². The molecule has 0 aliphatic heterocycles. The molecule has 20 heavy (non-hydrogen) atoms. The van der Waals surface area contributed by atoms with Crippen molar-refractivity contribution in [2.75, 3.05) is 19.3 Å². The van der Waals surface area contributed by atoms with Gasteiger partial charge in [-0.25, -0.2) is 0 Å². The van der Waals surface area contributed by atoms with Gasteiger partial charge in [0.1, 0.15) is 0 Å². The fraction of sp³-hybridized carbons (Fsp3) is 0.571. The van der Waals surface area contributed by atoms with Crippen LogP contribution in [0, 0.1) is 0 Å². The minimum Gasteiger partial charge on any atom is -0.355 e. The van der Waals surface area contributed by atoms with Gasteiger partial charge >= 0.3 is 0 Å². The summed E-state index contributed by atoms with van der Waals surface area (Å²) in [6.07, 6.45) is 1.76. The zero-order valence-corrected chi connectivity index (χ0v) is 13.5. The average Bonchev–Trinajstić information content (AvgIpc) is 2.42. The maximum atomic E-state index is 11.9. The number of rotatable bonds is 5. The van der Waals surface area contributed by atoms with Crippen LogP contribution in [0.1, 0.15) is 26.5 Å². The molecule has 0 spiro atoms. The Morgan fingerprint density at radius 1 is 1.35 bits per heavy atom. The first-order valence-corrected chi connectivity index (χ1v) is 7.98. The molecule has 1 rings (SSSR count). The number of pyridine rings is 1. The van der Waals surface area contributed by atoms with Gasteiger partial charge in [-0.05, 0) is 32.9 Å². The Bertz CT molecular complexity index is 454. The summed E-state index contributed by atoms with van der Waals surface area (Å²) in [6, 6.07) is 5.79. The van der Waals surface area contributed by atoms with Gasteiger partial charge in [-0.2, -0.15) is 0 Å². The fourth-order valence-corrected chi connectivity index (χ4v) is 2.37. The molecule has 0 amide bonds. The highest BCUT2D eigenvalue weighted by Gasteiger charge is 2.18. The van der Waals surface area contributed by atoms with Gasteiger partial charge in [-0.3, -0.25) is 14.2 Å². The van der Waals surface area contributed by atoms with Crippen LogP contribution in [0.3, 0.4) is 0 Å². The van der Waals surface area contributed by atoms with E-state index in [1.54, 1.807) is 13.2 Å². The molecular formula is C14H24N4OS. The summed E-state index contributed by atoms with van der Waals surface area (Å²) in [7, 11) is 0.863. The van der Waals surface area contributed by atoms with Crippen molar-refractivity contribution in [3.63, 3.8) is 0 Å². The summed E-state index contributed by atoms with van der Waals surface area (Å²) >= 11 is 0. The number of hydrogen-bond donors (Lipinski definition) is 2. The molecular weight excluding hydrogens is 272 g/mol. The van der Waals surface area contributed by atoms with Gasteiger partial charge in [0, 0.05) is 41.1 Å². The topological polar surface area (TPSA) is 66.4 Å². The van der Waals surface area contributed by atoms with Crippen LogP contribution in [0.4, 0.5) is 0 Å². The maximum absolute atomic E-state index is 11.9. The standard InChI is InChI=1S/C14H24N4OS/c1-14(2,3)20(19)10-9-17-13(15-4)18-11-12-7-5-6-8-16-12/h5-8H,9-11H2,1-4H3,(H2,15,17,18). The lowest BCUT2D eigenvalue weighted by atomic mass is 10.3. The van der Waals surface area contributed by atoms with Gasteiger partial charge in [-0.1, -0.05) is 6.07 Å². The van der Waals surface area contributed by atoms with Crippen LogP contribution in [0.15, 0.2) is 29.4 Å². The molecule has 5 nitrogen and oxygen atoms in total. The van der Waals surface area contributed by atoms with Crippen LogP contribution in [0.5, 0.6) is 0 Å². The molecule has 1 aromatic heterocycles. The van der Waals surface area contributed by atoms with Gasteiger partial charge in [0.2, 0.25) is 0 Å². The Balaban J connectivity index is 2.33. The molecule has 0 radical (unpaired) electrons. The molecule has 1 atom stereocenters. The second-order valence-electron chi connectivity index (χ2n) is 5.34. The summed E-state index contributed by atoms with van der Waals surface area (Å²) in [5.41, 5.74) is 0.953. The minimum atomic E-state index is -0.853. The summed E-state index contributed by atoms with van der Waals surface area (Å²) in [6.45, 7) is 7.19. The molecule has 1 unspecified atom stereocenters. The maximum Gasteiger partial charge on any atom is 0.191 e. The van der Waals surface area contributed by atoms with Crippen molar-refractivity contribution in [1.29, 1.82) is 0 Å². The van der Waals surface area contributed by atoms with Crippen molar-refractivity contribution in [3.05, 3.63) is 30.1 Å². The lowest BCUT2D eigenvalue weighted by Crippen LogP contribution is -2.40. The van der Waals surface area contributed by atoms with Crippen molar-refractivity contribution in [3.8, 4) is 0 Å². The number of hydrogen-bond acceptors (Lipinski definition) is 3. The first-order valence-electron chi connectivity index (χ1n) is 6.66. The molecule has 2 N–H and O–H groups in total. The highest BCUT2D eigenvalue weighted by molar-refractivity contribution is 7.86. The van der Waals surface area contributed by atoms with E-state index < -0.39 is 10.8 Å². The van der Waals surface area contributed by atoms with E-state index in [1.807, 2.05) is 39.0 Å². The van der Waals surface area contributed by atoms with Crippen LogP contribution in [-0.2, 0) is 17.3 Å². The third kappa shape index (κ3) is 6.14. The van der Waals surface area contributed by atoms with Crippen molar-refractivity contribution in [1.82, 2.24) is 15.6 Å². The van der Waals surface area contributed by atoms with Crippen molar-refractivity contribution in [2.45, 2.75) is 32.1 Å². The Labute approximate surface area is 123 Å². The molecule has 0 saturated carbocycles. The van der Waals surface area contributed by atoms with Gasteiger partial charge in [-0.15, -0.1) is 0 Å². The quantitative estimate of drug-likeness (QED) is 0.635. The van der Waals surface area contributed by atoms with E-state index >= 15 is 0 Å². The van der Waals surface area contributed by atoms with Gasteiger partial charge in [0.25, 0.3) is 0 Å². The van der Waals surface area contributed by atoms with Crippen LogP contribution in [-0.4, -0.2) is 39.2 Å². The number of nitrogens with zero attached hydrogens (tertiary/aromatic N) is 2. The van der Waals surface area contributed by atoms with Gasteiger partial charge in [0.05, 0.1) is 12.2 Å². The largest absolute Gasteiger partial charge is 0.355 e. The van der Waals surface area contributed by atoms with Gasteiger partial charge < -0.3 is 10.6 Å². The Morgan fingerprint density at radius 3 is 2.65 bits per heavy atom. The molecule has 112 valence electrons. The second-order valence-corrected chi connectivity index (χ2v) is 7.66. The third-order valence-electron chi connectivity index (χ3n) is 2.65. The van der Waals surface area contributed by atoms with Crippen molar-refractivity contribution < 1.29 is 4.21 Å². The highest BCUT2D eigenvalue weighted by Crippen LogP contribution is 2.10. The molecule has 1 heterocycles. The van der Waals surface area contributed by atoms with Crippen LogP contribution in [0.25, 0.3) is 0 Å². The van der Waals surface area contributed by atoms with E-state index in [9.17, 15) is 4.21 Å². The lowest BCUT2D eigenvalue weighted by molar-refractivity contribution is 0.647. The van der Waals surface area contributed by atoms with E-state index in [-0.39, 0.29) is 4.75 Å². The lowest BCUT2D eigenvalue weighted by Gasteiger charge is -2.18. The Hall–Kier alpha value is -1.43. The number of guanidine groups is 1. The second kappa shape index (κ2) is 7.99. The molecule has 0 bridgehead atoms. The summed E-state index contributed by atoms with van der Waals surface area (Å²) < 4.78 is 11.7. The molecule has 1 aromatic rings. The van der Waals surface area contributed by atoms with E-state index in [1.165, 1.54) is 0 Å². The Kier molecular flexibility index (Phi) is 6.64. The summed E-state index contributed by atoms with van der Waals surface area (Å²) in [4.78, 5) is 8.36. The smallest absolute Gasteiger partial charge is 0.191 e. The van der Waals surface area contributed by atoms with Crippen LogP contribution < -0.4 is 10.6 Å². The Morgan fingerprint density at radius 2 is 2.10 bits per heavy atom. The molecule has 0 saturated heterocycles. The molecule has 0 aliphatic carbocycles. The zero-order valence-electron chi connectivity index (χ0n) is 12.6. The fourth-order valence-electron chi connectivity index (χ4n) is 1.47. The van der Waals surface area contributed by atoms with E-state index in [4.69, 9.17) is 0 Å². The third-order valence-corrected chi connectivity index (χ3v) is 4.59. The molecule has 0 fully saturated rings. The van der Waals surface area contributed by atoms with E-state index in [0.717, 1.165) is 5.69 Å². The monoisotopic (exact) mass is 296 g/mol. The number of aliphatic imine (C=N–C) groups is 1. The minimum absolute atomic E-state index is 0.174. The van der Waals surface area contributed by atoms with Crippen molar-refractivity contribution in [2.24, 2.45) is 4.99 Å². The zero-order chi connectivity index (χ0) is 15.0. The highest BCUT2D eigenvalue weighted by atomic mass is 32.2. The van der Waals surface area contributed by atoms with E-state index in [2.05, 4.69) is 20.6 Å². The first-order chi connectivity index (χ1) is 9.43. The summed E-state index contributed by atoms with van der Waals surface area (Å²) in [5.74, 6) is 1.30. The summed E-state index contributed by atoms with van der Waals surface area (Å²) in [5, 5.41) is 6.34. The number of nitrogens with one attached hydrogen (secondary N) is 2. The van der Waals surface area contributed by atoms with Crippen molar-refractivity contribution >= 4 is 16.8 Å². The molecule has 0 aromatic carbocycles. The SMILES string of the molecule is CN=C(NCCS(=O)C(C)(C)C)NCc1ccccn1. The van der Waals surface area contributed by atoms with Crippen LogP contribution in [0.2, 0.25) is 0 Å². The number of aromatic nitrogens is 1. The first kappa shape index (κ1) is 16.6. The average molecular weight is 296 g/mol. The van der Waals surface area contributed by atoms with E-state index in [0.29, 0.717) is 24.8 Å². The van der Waals surface area contributed by atoms with Crippen LogP contribution >= 0.6 is 0 Å². The molecule has 0 aliphatic rings. The predicted molar refractivity (Wildman–Crippen MR) is 85.2 cm³/mol. The molecule has 6 heteroatoms. The normalized spacial score (nSPS) is 13.9.